The molecule has 2 saturated heterocycles. The summed E-state index contributed by atoms with van der Waals surface area (Å²) in [5.41, 5.74) is 0.687. The van der Waals surface area contributed by atoms with Crippen molar-refractivity contribution in [1.29, 1.82) is 5.26 Å². The van der Waals surface area contributed by atoms with E-state index < -0.39 is 0 Å². The first kappa shape index (κ1) is 18.7. The summed E-state index contributed by atoms with van der Waals surface area (Å²) in [5, 5.41) is 9.17. The maximum Gasteiger partial charge on any atom is 0.142 e. The fourth-order valence-electron chi connectivity index (χ4n) is 5.41. The van der Waals surface area contributed by atoms with E-state index in [9.17, 15) is 5.26 Å². The van der Waals surface area contributed by atoms with Crippen LogP contribution in [0.15, 0.2) is 18.2 Å². The van der Waals surface area contributed by atoms with E-state index in [2.05, 4.69) is 20.9 Å². The standard InChI is InChI=1S/C21H30N4O2/c1-26-16-21-7-5-19(24-9-11-27-12-10-24)13-17(21)6-8-25(15-21)20-4-2-3-18(14-22)23-20/h2-4,17,19H,5-13,15-16H2,1H3/t17-,19-,21+/m1/s1. The van der Waals surface area contributed by atoms with E-state index in [0.717, 1.165) is 51.8 Å². The van der Waals surface area contributed by atoms with Crippen molar-refractivity contribution in [2.24, 2.45) is 11.3 Å². The van der Waals surface area contributed by atoms with Gasteiger partial charge < -0.3 is 14.4 Å². The van der Waals surface area contributed by atoms with Gasteiger partial charge in [0, 0.05) is 44.7 Å². The first-order chi connectivity index (χ1) is 13.2. The van der Waals surface area contributed by atoms with E-state index in [1.807, 2.05) is 19.2 Å². The second-order valence-electron chi connectivity index (χ2n) is 8.27. The number of hydrogen-bond donors (Lipinski definition) is 0. The van der Waals surface area contributed by atoms with E-state index in [4.69, 9.17) is 9.47 Å². The summed E-state index contributed by atoms with van der Waals surface area (Å²) in [6, 6.07) is 8.59. The summed E-state index contributed by atoms with van der Waals surface area (Å²) in [7, 11) is 1.83. The largest absolute Gasteiger partial charge is 0.384 e. The summed E-state index contributed by atoms with van der Waals surface area (Å²) >= 11 is 0. The van der Waals surface area contributed by atoms with Crippen LogP contribution in [0.3, 0.4) is 0 Å². The van der Waals surface area contributed by atoms with E-state index in [1.54, 1.807) is 6.07 Å². The Bertz CT molecular complexity index is 685. The number of nitriles is 1. The molecule has 1 aromatic heterocycles. The zero-order valence-corrected chi connectivity index (χ0v) is 16.3. The second-order valence-corrected chi connectivity index (χ2v) is 8.27. The van der Waals surface area contributed by atoms with Crippen molar-refractivity contribution in [3.05, 3.63) is 23.9 Å². The van der Waals surface area contributed by atoms with Crippen LogP contribution in [0.25, 0.3) is 0 Å². The highest BCUT2D eigenvalue weighted by atomic mass is 16.5. The summed E-state index contributed by atoms with van der Waals surface area (Å²) in [5.74, 6) is 1.62. The van der Waals surface area contributed by atoms with Crippen LogP contribution in [-0.2, 0) is 9.47 Å². The molecule has 4 rings (SSSR count). The molecule has 3 atom stereocenters. The summed E-state index contributed by atoms with van der Waals surface area (Å²) in [6.07, 6.45) is 4.87. The van der Waals surface area contributed by atoms with Crippen molar-refractivity contribution in [1.82, 2.24) is 9.88 Å². The molecular formula is C21H30N4O2. The molecule has 0 bridgehead atoms. The average molecular weight is 370 g/mol. The molecule has 3 aliphatic rings. The Labute approximate surface area is 162 Å². The first-order valence-corrected chi connectivity index (χ1v) is 10.2. The average Bonchev–Trinajstić information content (AvgIpc) is 2.74. The van der Waals surface area contributed by atoms with Gasteiger partial charge in [-0.1, -0.05) is 6.07 Å². The zero-order chi connectivity index (χ0) is 18.7. The Morgan fingerprint density at radius 3 is 2.93 bits per heavy atom. The molecular weight excluding hydrogens is 340 g/mol. The molecule has 0 aromatic carbocycles. The quantitative estimate of drug-likeness (QED) is 0.810. The van der Waals surface area contributed by atoms with Gasteiger partial charge in [-0.3, -0.25) is 4.90 Å². The number of aromatic nitrogens is 1. The molecule has 27 heavy (non-hydrogen) atoms. The van der Waals surface area contributed by atoms with Crippen LogP contribution in [0, 0.1) is 22.7 Å². The maximum absolute atomic E-state index is 9.17. The fourth-order valence-corrected chi connectivity index (χ4v) is 5.41. The maximum atomic E-state index is 9.17. The molecule has 0 spiro atoms. The topological polar surface area (TPSA) is 61.6 Å². The van der Waals surface area contributed by atoms with Crippen LogP contribution in [0.2, 0.25) is 0 Å². The molecule has 6 nitrogen and oxygen atoms in total. The molecule has 0 N–H and O–H groups in total. The highest BCUT2D eigenvalue weighted by Gasteiger charge is 2.48. The number of morpholine rings is 1. The summed E-state index contributed by atoms with van der Waals surface area (Å²) in [4.78, 5) is 9.54. The first-order valence-electron chi connectivity index (χ1n) is 10.2. The van der Waals surface area contributed by atoms with Crippen molar-refractivity contribution in [2.75, 3.05) is 58.0 Å². The van der Waals surface area contributed by atoms with Crippen molar-refractivity contribution in [2.45, 2.75) is 31.7 Å². The lowest BCUT2D eigenvalue weighted by atomic mass is 9.62. The van der Waals surface area contributed by atoms with E-state index >= 15 is 0 Å². The van der Waals surface area contributed by atoms with Gasteiger partial charge in [-0.2, -0.15) is 5.26 Å². The second kappa shape index (κ2) is 8.14. The van der Waals surface area contributed by atoms with Crippen molar-refractivity contribution < 1.29 is 9.47 Å². The zero-order valence-electron chi connectivity index (χ0n) is 16.3. The van der Waals surface area contributed by atoms with Gasteiger partial charge >= 0.3 is 0 Å². The predicted octanol–water partition coefficient (Wildman–Crippen LogP) is 2.30. The highest BCUT2D eigenvalue weighted by molar-refractivity contribution is 5.42. The monoisotopic (exact) mass is 370 g/mol. The Kier molecular flexibility index (Phi) is 5.63. The number of rotatable bonds is 4. The molecule has 1 saturated carbocycles. The highest BCUT2D eigenvalue weighted by Crippen LogP contribution is 2.48. The smallest absolute Gasteiger partial charge is 0.142 e. The SMILES string of the molecule is COC[C@@]12CC[C@@H](N3CCOCC3)C[C@H]1CCN(c1cccc(C#N)n1)C2. The molecule has 2 aliphatic heterocycles. The number of anilines is 1. The third-order valence-electron chi connectivity index (χ3n) is 6.82. The lowest BCUT2D eigenvalue weighted by Gasteiger charge is -2.54. The molecule has 0 amide bonds. The normalized spacial score (nSPS) is 31.9. The number of methoxy groups -OCH3 is 1. The molecule has 0 radical (unpaired) electrons. The molecule has 0 unspecified atom stereocenters. The van der Waals surface area contributed by atoms with Gasteiger partial charge in [0.05, 0.1) is 19.8 Å². The van der Waals surface area contributed by atoms with Crippen LogP contribution >= 0.6 is 0 Å². The minimum atomic E-state index is 0.195. The summed E-state index contributed by atoms with van der Waals surface area (Å²) in [6.45, 7) is 6.69. The lowest BCUT2D eigenvalue weighted by molar-refractivity contribution is -0.0540. The molecule has 3 fully saturated rings. The minimum Gasteiger partial charge on any atom is -0.384 e. The molecule has 3 heterocycles. The molecule has 146 valence electrons. The molecule has 1 aromatic rings. The number of ether oxygens (including phenoxy) is 2. The van der Waals surface area contributed by atoms with Crippen molar-refractivity contribution in [3.8, 4) is 6.07 Å². The number of piperidine rings is 1. The van der Waals surface area contributed by atoms with Gasteiger partial charge in [-0.05, 0) is 43.7 Å². The van der Waals surface area contributed by atoms with Crippen LogP contribution < -0.4 is 4.90 Å². The van der Waals surface area contributed by atoms with Crippen LogP contribution in [-0.4, -0.2) is 69.0 Å². The Hall–Kier alpha value is -1.68. The van der Waals surface area contributed by atoms with Crippen LogP contribution in [0.4, 0.5) is 5.82 Å². The van der Waals surface area contributed by atoms with Gasteiger partial charge in [0.1, 0.15) is 17.6 Å². The van der Waals surface area contributed by atoms with Crippen molar-refractivity contribution in [3.63, 3.8) is 0 Å². The van der Waals surface area contributed by atoms with Gasteiger partial charge in [0.2, 0.25) is 0 Å². The van der Waals surface area contributed by atoms with Gasteiger partial charge in [-0.15, -0.1) is 0 Å². The van der Waals surface area contributed by atoms with Crippen LogP contribution in [0.5, 0.6) is 0 Å². The van der Waals surface area contributed by atoms with Gasteiger partial charge in [-0.25, -0.2) is 4.98 Å². The minimum absolute atomic E-state index is 0.195. The predicted molar refractivity (Wildman–Crippen MR) is 104 cm³/mol. The molecule has 1 aliphatic carbocycles. The third kappa shape index (κ3) is 3.82. The number of fused-ring (bicyclic) bond motifs is 1. The Balaban J connectivity index is 1.49. The van der Waals surface area contributed by atoms with Crippen molar-refractivity contribution >= 4 is 5.82 Å². The number of hydrogen-bond acceptors (Lipinski definition) is 6. The number of pyridine rings is 1. The Morgan fingerprint density at radius 1 is 1.30 bits per heavy atom. The van der Waals surface area contributed by atoms with Gasteiger partial charge in [0.25, 0.3) is 0 Å². The van der Waals surface area contributed by atoms with Crippen LogP contribution in [0.1, 0.15) is 31.4 Å². The fraction of sp³-hybridized carbons (Fsp3) is 0.714. The Morgan fingerprint density at radius 2 is 2.15 bits per heavy atom. The summed E-state index contributed by atoms with van der Waals surface area (Å²) < 4.78 is 11.3. The third-order valence-corrected chi connectivity index (χ3v) is 6.82. The van der Waals surface area contributed by atoms with Gasteiger partial charge in [0.15, 0.2) is 0 Å². The number of nitrogens with zero attached hydrogens (tertiary/aromatic N) is 4. The van der Waals surface area contributed by atoms with E-state index in [-0.39, 0.29) is 5.41 Å². The molecule has 6 heteroatoms. The van der Waals surface area contributed by atoms with E-state index in [1.165, 1.54) is 25.7 Å². The lowest BCUT2D eigenvalue weighted by Crippen LogP contribution is -2.57. The van der Waals surface area contributed by atoms with E-state index in [0.29, 0.717) is 17.7 Å².